The van der Waals surface area contributed by atoms with Crippen LogP contribution in [0, 0.1) is 0 Å². The Kier molecular flexibility index (Phi) is 6.25. The third-order valence-corrected chi connectivity index (χ3v) is 3.38. The number of halogens is 1. The summed E-state index contributed by atoms with van der Waals surface area (Å²) in [5.74, 6) is -1.69. The molecule has 114 valence electrons. The van der Waals surface area contributed by atoms with Crippen molar-refractivity contribution in [3.05, 3.63) is 11.3 Å². The Morgan fingerprint density at radius 1 is 1.40 bits per heavy atom. The standard InChI is InChI=1S/C12H18ClNO6/c1-14-9(7(13)5-4-6-15)8(11(16)18-2)10(20-14)12(17)19-3/h7,9,15H,4-6H2,1-3H3/t7-,9+/m0/s1. The van der Waals surface area contributed by atoms with E-state index < -0.39 is 23.4 Å². The first-order chi connectivity index (χ1) is 9.47. The Morgan fingerprint density at radius 3 is 2.50 bits per heavy atom. The van der Waals surface area contributed by atoms with Gasteiger partial charge in [-0.05, 0) is 12.8 Å². The lowest BCUT2D eigenvalue weighted by atomic mass is 10.00. The molecule has 0 radical (unpaired) electrons. The quantitative estimate of drug-likeness (QED) is 0.554. The van der Waals surface area contributed by atoms with Crippen LogP contribution in [0.4, 0.5) is 0 Å². The maximum Gasteiger partial charge on any atom is 0.376 e. The van der Waals surface area contributed by atoms with Crippen LogP contribution in [-0.4, -0.2) is 61.4 Å². The van der Waals surface area contributed by atoms with E-state index in [0.717, 1.165) is 0 Å². The molecule has 1 aliphatic rings. The number of ether oxygens (including phenoxy) is 2. The van der Waals surface area contributed by atoms with Crippen LogP contribution < -0.4 is 0 Å². The molecule has 0 fully saturated rings. The van der Waals surface area contributed by atoms with Gasteiger partial charge in [0.15, 0.2) is 0 Å². The van der Waals surface area contributed by atoms with E-state index >= 15 is 0 Å². The molecule has 1 heterocycles. The number of aliphatic hydroxyl groups is 1. The SMILES string of the molecule is COC(=O)C1=C(C(=O)OC)[C@@H]([C@@H](Cl)CCCO)N(C)O1. The highest BCUT2D eigenvalue weighted by Gasteiger charge is 2.44. The Balaban J connectivity index is 3.10. The maximum atomic E-state index is 11.9. The number of hydrogen-bond donors (Lipinski definition) is 1. The minimum Gasteiger partial charge on any atom is -0.466 e. The third-order valence-electron chi connectivity index (χ3n) is 2.92. The van der Waals surface area contributed by atoms with E-state index in [4.69, 9.17) is 21.5 Å². The van der Waals surface area contributed by atoms with E-state index in [1.165, 1.54) is 19.3 Å². The molecule has 0 bridgehead atoms. The Labute approximate surface area is 122 Å². The number of rotatable bonds is 6. The molecule has 0 amide bonds. The van der Waals surface area contributed by atoms with Crippen LogP contribution in [0.2, 0.25) is 0 Å². The monoisotopic (exact) mass is 307 g/mol. The van der Waals surface area contributed by atoms with E-state index in [1.807, 2.05) is 0 Å². The number of carbonyl (C=O) groups excluding carboxylic acids is 2. The van der Waals surface area contributed by atoms with Gasteiger partial charge in [0.1, 0.15) is 5.57 Å². The first kappa shape index (κ1) is 16.7. The summed E-state index contributed by atoms with van der Waals surface area (Å²) in [4.78, 5) is 28.8. The molecule has 0 unspecified atom stereocenters. The molecule has 0 aromatic rings. The number of nitrogens with zero attached hydrogens (tertiary/aromatic N) is 1. The van der Waals surface area contributed by atoms with Gasteiger partial charge in [-0.3, -0.25) is 0 Å². The van der Waals surface area contributed by atoms with Crippen LogP contribution in [0.5, 0.6) is 0 Å². The highest BCUT2D eigenvalue weighted by Crippen LogP contribution is 2.32. The topological polar surface area (TPSA) is 85.3 Å². The smallest absolute Gasteiger partial charge is 0.376 e. The molecule has 2 atom stereocenters. The number of hydroxylamine groups is 2. The van der Waals surface area contributed by atoms with Gasteiger partial charge in [0, 0.05) is 13.7 Å². The molecule has 0 saturated carbocycles. The molecule has 8 heteroatoms. The molecule has 0 saturated heterocycles. The highest BCUT2D eigenvalue weighted by molar-refractivity contribution is 6.22. The van der Waals surface area contributed by atoms with E-state index in [-0.39, 0.29) is 17.9 Å². The van der Waals surface area contributed by atoms with Gasteiger partial charge in [0.2, 0.25) is 5.76 Å². The minimum atomic E-state index is -0.772. The van der Waals surface area contributed by atoms with Gasteiger partial charge in [0.05, 0.1) is 25.6 Å². The zero-order valence-electron chi connectivity index (χ0n) is 11.6. The lowest BCUT2D eigenvalue weighted by Crippen LogP contribution is -2.37. The molecule has 7 nitrogen and oxygen atoms in total. The van der Waals surface area contributed by atoms with E-state index in [0.29, 0.717) is 12.8 Å². The van der Waals surface area contributed by atoms with Crippen molar-refractivity contribution in [3.8, 4) is 0 Å². The Hall–Kier alpha value is -1.31. The summed E-state index contributed by atoms with van der Waals surface area (Å²) < 4.78 is 9.25. The molecular formula is C12H18ClNO6. The predicted molar refractivity (Wildman–Crippen MR) is 69.7 cm³/mol. The second-order valence-electron chi connectivity index (χ2n) is 4.19. The predicted octanol–water partition coefficient (Wildman–Crippen LogP) is 0.212. The average molecular weight is 308 g/mol. The molecular weight excluding hydrogens is 290 g/mol. The summed E-state index contributed by atoms with van der Waals surface area (Å²) in [7, 11) is 3.94. The Bertz CT molecular complexity index is 411. The summed E-state index contributed by atoms with van der Waals surface area (Å²) in [5.41, 5.74) is 0.0276. The average Bonchev–Trinajstić information content (AvgIpc) is 2.80. The van der Waals surface area contributed by atoms with Crippen LogP contribution in [0.15, 0.2) is 11.3 Å². The highest BCUT2D eigenvalue weighted by atomic mass is 35.5. The van der Waals surface area contributed by atoms with Gasteiger partial charge in [-0.2, -0.15) is 0 Å². The van der Waals surface area contributed by atoms with Gasteiger partial charge < -0.3 is 19.4 Å². The first-order valence-corrected chi connectivity index (χ1v) is 6.48. The van der Waals surface area contributed by atoms with Crippen LogP contribution in [0.1, 0.15) is 12.8 Å². The molecule has 0 aromatic heterocycles. The van der Waals surface area contributed by atoms with Crippen LogP contribution in [0.25, 0.3) is 0 Å². The van der Waals surface area contributed by atoms with Gasteiger partial charge >= 0.3 is 11.9 Å². The number of hydrogen-bond acceptors (Lipinski definition) is 7. The molecule has 1 rings (SSSR count). The van der Waals surface area contributed by atoms with Crippen molar-refractivity contribution in [1.29, 1.82) is 0 Å². The van der Waals surface area contributed by atoms with Gasteiger partial charge in [-0.25, -0.2) is 9.59 Å². The molecule has 1 aliphatic heterocycles. The van der Waals surface area contributed by atoms with Crippen molar-refractivity contribution in [2.75, 3.05) is 27.9 Å². The van der Waals surface area contributed by atoms with E-state index in [2.05, 4.69) is 9.47 Å². The van der Waals surface area contributed by atoms with Crippen molar-refractivity contribution >= 4 is 23.5 Å². The zero-order chi connectivity index (χ0) is 15.3. The summed E-state index contributed by atoms with van der Waals surface area (Å²) >= 11 is 6.24. The zero-order valence-corrected chi connectivity index (χ0v) is 12.3. The van der Waals surface area contributed by atoms with Crippen LogP contribution >= 0.6 is 11.6 Å². The van der Waals surface area contributed by atoms with Crippen molar-refractivity contribution in [2.24, 2.45) is 0 Å². The minimum absolute atomic E-state index is 0.0123. The fourth-order valence-electron chi connectivity index (χ4n) is 1.98. The largest absolute Gasteiger partial charge is 0.466 e. The van der Waals surface area contributed by atoms with Crippen molar-refractivity contribution in [3.63, 3.8) is 0 Å². The third kappa shape index (κ3) is 3.41. The number of alkyl halides is 1. The van der Waals surface area contributed by atoms with Gasteiger partial charge in [-0.15, -0.1) is 16.7 Å². The number of likely N-dealkylation sites (N-methyl/N-ethyl adjacent to an activating group) is 1. The van der Waals surface area contributed by atoms with Crippen molar-refractivity contribution in [1.82, 2.24) is 5.06 Å². The number of carbonyl (C=O) groups is 2. The second kappa shape index (κ2) is 7.47. The summed E-state index contributed by atoms with van der Waals surface area (Å²) in [6.07, 6.45) is 0.923. The van der Waals surface area contributed by atoms with Crippen molar-refractivity contribution < 1.29 is 29.0 Å². The fourth-order valence-corrected chi connectivity index (χ4v) is 2.42. The second-order valence-corrected chi connectivity index (χ2v) is 4.75. The van der Waals surface area contributed by atoms with Crippen LogP contribution in [0.3, 0.4) is 0 Å². The van der Waals surface area contributed by atoms with E-state index in [9.17, 15) is 9.59 Å². The van der Waals surface area contributed by atoms with Crippen molar-refractivity contribution in [2.45, 2.75) is 24.3 Å². The maximum absolute atomic E-state index is 11.9. The number of aliphatic hydroxyl groups excluding tert-OH is 1. The molecule has 0 spiro atoms. The first-order valence-electron chi connectivity index (χ1n) is 6.04. The fraction of sp³-hybridized carbons (Fsp3) is 0.667. The Morgan fingerprint density at radius 2 is 2.00 bits per heavy atom. The summed E-state index contributed by atoms with van der Waals surface area (Å²) in [5, 5.41) is 9.63. The van der Waals surface area contributed by atoms with E-state index in [1.54, 1.807) is 7.05 Å². The van der Waals surface area contributed by atoms with Gasteiger partial charge in [0.25, 0.3) is 0 Å². The lowest BCUT2D eigenvalue weighted by molar-refractivity contribution is -0.152. The molecule has 0 aliphatic carbocycles. The molecule has 1 N–H and O–H groups in total. The summed E-state index contributed by atoms with van der Waals surface area (Å²) in [6.45, 7) is -0.0123. The summed E-state index contributed by atoms with van der Waals surface area (Å²) in [6, 6.07) is -0.648. The lowest BCUT2D eigenvalue weighted by Gasteiger charge is -2.23. The molecule has 20 heavy (non-hydrogen) atoms. The number of esters is 2. The number of methoxy groups -OCH3 is 2. The van der Waals surface area contributed by atoms with Gasteiger partial charge in [-0.1, -0.05) is 0 Å². The normalized spacial score (nSPS) is 20.6. The van der Waals surface area contributed by atoms with Crippen LogP contribution in [-0.2, 0) is 23.9 Å². The molecule has 0 aromatic carbocycles.